The molecule has 0 fully saturated rings. The molecule has 1 aromatic rings. The SMILES string of the molecule is CC(C)n1cc2c(n1)CN(C=O)C2. The number of aromatic nitrogens is 2. The average Bonchev–Trinajstić information content (AvgIpc) is 2.58. The van der Waals surface area contributed by atoms with Crippen LogP contribution in [0.3, 0.4) is 0 Å². The molecule has 13 heavy (non-hydrogen) atoms. The van der Waals surface area contributed by atoms with E-state index < -0.39 is 0 Å². The Morgan fingerprint density at radius 1 is 1.54 bits per heavy atom. The van der Waals surface area contributed by atoms with Gasteiger partial charge in [0.1, 0.15) is 0 Å². The summed E-state index contributed by atoms with van der Waals surface area (Å²) in [5.74, 6) is 0. The van der Waals surface area contributed by atoms with Crippen LogP contribution in [0.25, 0.3) is 0 Å². The maximum atomic E-state index is 10.5. The third-order valence-electron chi connectivity index (χ3n) is 2.30. The van der Waals surface area contributed by atoms with Gasteiger partial charge in [0.2, 0.25) is 6.41 Å². The van der Waals surface area contributed by atoms with Gasteiger partial charge in [-0.3, -0.25) is 9.48 Å². The molecule has 4 nitrogen and oxygen atoms in total. The first-order chi connectivity index (χ1) is 6.20. The van der Waals surface area contributed by atoms with Gasteiger partial charge in [-0.25, -0.2) is 0 Å². The van der Waals surface area contributed by atoms with Gasteiger partial charge in [0.25, 0.3) is 0 Å². The Labute approximate surface area is 77.1 Å². The van der Waals surface area contributed by atoms with Gasteiger partial charge in [-0.05, 0) is 13.8 Å². The monoisotopic (exact) mass is 179 g/mol. The zero-order valence-corrected chi connectivity index (χ0v) is 7.90. The smallest absolute Gasteiger partial charge is 0.210 e. The molecule has 2 heterocycles. The topological polar surface area (TPSA) is 38.1 Å². The van der Waals surface area contributed by atoms with E-state index in [0.717, 1.165) is 12.1 Å². The van der Waals surface area contributed by atoms with Gasteiger partial charge in [-0.2, -0.15) is 5.10 Å². The van der Waals surface area contributed by atoms with Crippen LogP contribution in [0, 0.1) is 0 Å². The van der Waals surface area contributed by atoms with Crippen LogP contribution in [0.4, 0.5) is 0 Å². The summed E-state index contributed by atoms with van der Waals surface area (Å²) in [7, 11) is 0. The van der Waals surface area contributed by atoms with Gasteiger partial charge in [-0.15, -0.1) is 0 Å². The van der Waals surface area contributed by atoms with Crippen LogP contribution in [0.15, 0.2) is 6.20 Å². The third-order valence-corrected chi connectivity index (χ3v) is 2.30. The number of carbonyl (C=O) groups is 1. The summed E-state index contributed by atoms with van der Waals surface area (Å²) >= 11 is 0. The van der Waals surface area contributed by atoms with Crippen molar-refractivity contribution in [2.24, 2.45) is 0 Å². The Morgan fingerprint density at radius 3 is 2.85 bits per heavy atom. The number of hydrogen-bond donors (Lipinski definition) is 0. The van der Waals surface area contributed by atoms with E-state index in [4.69, 9.17) is 0 Å². The number of hydrogen-bond acceptors (Lipinski definition) is 2. The van der Waals surface area contributed by atoms with E-state index in [2.05, 4.69) is 18.9 Å². The van der Waals surface area contributed by atoms with Gasteiger partial charge in [0.05, 0.1) is 12.2 Å². The van der Waals surface area contributed by atoms with Crippen LogP contribution in [-0.4, -0.2) is 21.1 Å². The Kier molecular flexibility index (Phi) is 1.83. The molecule has 0 bridgehead atoms. The zero-order valence-electron chi connectivity index (χ0n) is 7.90. The quantitative estimate of drug-likeness (QED) is 0.633. The number of fused-ring (bicyclic) bond motifs is 1. The molecular formula is C9H13N3O. The Morgan fingerprint density at radius 2 is 2.31 bits per heavy atom. The molecule has 4 heteroatoms. The van der Waals surface area contributed by atoms with Crippen molar-refractivity contribution in [1.82, 2.24) is 14.7 Å². The molecule has 1 aliphatic rings. The lowest BCUT2D eigenvalue weighted by Crippen LogP contribution is -2.14. The van der Waals surface area contributed by atoms with Crippen molar-refractivity contribution in [3.05, 3.63) is 17.5 Å². The lowest BCUT2D eigenvalue weighted by molar-refractivity contribution is -0.118. The molecule has 0 saturated heterocycles. The predicted molar refractivity (Wildman–Crippen MR) is 47.9 cm³/mol. The molecule has 0 unspecified atom stereocenters. The van der Waals surface area contributed by atoms with Gasteiger partial charge < -0.3 is 4.90 Å². The van der Waals surface area contributed by atoms with Crippen molar-refractivity contribution in [2.75, 3.05) is 0 Å². The second-order valence-corrected chi connectivity index (χ2v) is 3.69. The number of amides is 1. The van der Waals surface area contributed by atoms with Crippen molar-refractivity contribution in [1.29, 1.82) is 0 Å². The first kappa shape index (κ1) is 8.29. The highest BCUT2D eigenvalue weighted by Crippen LogP contribution is 2.20. The zero-order chi connectivity index (χ0) is 9.42. The minimum Gasteiger partial charge on any atom is -0.335 e. The normalized spacial score (nSPS) is 15.2. The summed E-state index contributed by atoms with van der Waals surface area (Å²) in [6.45, 7) is 5.57. The van der Waals surface area contributed by atoms with Crippen molar-refractivity contribution < 1.29 is 4.79 Å². The average molecular weight is 179 g/mol. The minimum absolute atomic E-state index is 0.398. The summed E-state index contributed by atoms with van der Waals surface area (Å²) < 4.78 is 1.95. The summed E-state index contributed by atoms with van der Waals surface area (Å²) in [4.78, 5) is 12.2. The molecule has 2 rings (SSSR count). The molecule has 0 radical (unpaired) electrons. The number of nitrogens with zero attached hydrogens (tertiary/aromatic N) is 3. The molecule has 0 aromatic carbocycles. The van der Waals surface area contributed by atoms with E-state index in [9.17, 15) is 4.79 Å². The van der Waals surface area contributed by atoms with E-state index in [1.165, 1.54) is 5.56 Å². The van der Waals surface area contributed by atoms with Crippen molar-refractivity contribution in [2.45, 2.75) is 33.0 Å². The fraction of sp³-hybridized carbons (Fsp3) is 0.556. The second-order valence-electron chi connectivity index (χ2n) is 3.69. The highest BCUT2D eigenvalue weighted by molar-refractivity contribution is 5.49. The van der Waals surface area contributed by atoms with Crippen LogP contribution < -0.4 is 0 Å². The van der Waals surface area contributed by atoms with E-state index in [1.807, 2.05) is 10.9 Å². The highest BCUT2D eigenvalue weighted by Gasteiger charge is 2.21. The van der Waals surface area contributed by atoms with Crippen LogP contribution in [-0.2, 0) is 17.9 Å². The summed E-state index contributed by atoms with van der Waals surface area (Å²) in [6, 6.07) is 0.398. The van der Waals surface area contributed by atoms with Gasteiger partial charge in [0, 0.05) is 24.3 Å². The molecule has 1 aliphatic heterocycles. The summed E-state index contributed by atoms with van der Waals surface area (Å²) in [5, 5.41) is 4.40. The number of carbonyl (C=O) groups excluding carboxylic acids is 1. The summed E-state index contributed by atoms with van der Waals surface area (Å²) in [6.07, 6.45) is 2.91. The Hall–Kier alpha value is -1.32. The molecule has 0 aliphatic carbocycles. The molecule has 1 amide bonds. The fourth-order valence-electron chi connectivity index (χ4n) is 1.54. The third kappa shape index (κ3) is 1.32. The van der Waals surface area contributed by atoms with Crippen molar-refractivity contribution in [3.63, 3.8) is 0 Å². The molecule has 0 atom stereocenters. The lowest BCUT2D eigenvalue weighted by atomic mass is 10.3. The van der Waals surface area contributed by atoms with Crippen LogP contribution >= 0.6 is 0 Å². The van der Waals surface area contributed by atoms with Crippen molar-refractivity contribution in [3.8, 4) is 0 Å². The maximum Gasteiger partial charge on any atom is 0.210 e. The second kappa shape index (κ2) is 2.87. The van der Waals surface area contributed by atoms with E-state index >= 15 is 0 Å². The Balaban J connectivity index is 2.23. The lowest BCUT2D eigenvalue weighted by Gasteiger charge is -2.08. The predicted octanol–water partition coefficient (Wildman–Crippen LogP) is 0.936. The number of rotatable bonds is 2. The van der Waals surface area contributed by atoms with Crippen LogP contribution in [0.2, 0.25) is 0 Å². The molecule has 0 spiro atoms. The van der Waals surface area contributed by atoms with E-state index in [-0.39, 0.29) is 0 Å². The molecule has 70 valence electrons. The first-order valence-corrected chi connectivity index (χ1v) is 4.47. The highest BCUT2D eigenvalue weighted by atomic mass is 16.1. The Bertz CT molecular complexity index is 306. The first-order valence-electron chi connectivity index (χ1n) is 4.47. The van der Waals surface area contributed by atoms with Crippen LogP contribution in [0.5, 0.6) is 0 Å². The van der Waals surface area contributed by atoms with E-state index in [1.54, 1.807) is 4.90 Å². The molecule has 0 saturated carbocycles. The molecular weight excluding hydrogens is 166 g/mol. The minimum atomic E-state index is 0.398. The van der Waals surface area contributed by atoms with Gasteiger partial charge in [-0.1, -0.05) is 0 Å². The van der Waals surface area contributed by atoms with Gasteiger partial charge >= 0.3 is 0 Å². The summed E-state index contributed by atoms with van der Waals surface area (Å²) in [5.41, 5.74) is 2.22. The van der Waals surface area contributed by atoms with Crippen molar-refractivity contribution >= 4 is 6.41 Å². The van der Waals surface area contributed by atoms with E-state index in [0.29, 0.717) is 19.1 Å². The molecule has 1 aromatic heterocycles. The van der Waals surface area contributed by atoms with Gasteiger partial charge in [0.15, 0.2) is 0 Å². The largest absolute Gasteiger partial charge is 0.335 e. The standard InChI is InChI=1S/C9H13N3O/c1-7(2)12-4-8-3-11(6-13)5-9(8)10-12/h4,6-7H,3,5H2,1-2H3. The fourth-order valence-corrected chi connectivity index (χ4v) is 1.54. The maximum absolute atomic E-state index is 10.5. The molecule has 0 N–H and O–H groups in total. The van der Waals surface area contributed by atoms with Crippen LogP contribution in [0.1, 0.15) is 31.1 Å².